The van der Waals surface area contributed by atoms with Crippen molar-refractivity contribution < 1.29 is 0 Å². The van der Waals surface area contributed by atoms with E-state index in [1.807, 2.05) is 18.2 Å². The molecule has 16 heavy (non-hydrogen) atoms. The fourth-order valence-electron chi connectivity index (χ4n) is 1.76. The van der Waals surface area contributed by atoms with E-state index in [1.165, 1.54) is 6.33 Å². The third-order valence-corrected chi connectivity index (χ3v) is 2.48. The highest BCUT2D eigenvalue weighted by atomic mass is 16.1. The lowest BCUT2D eigenvalue weighted by Gasteiger charge is -2.01. The van der Waals surface area contributed by atoms with Gasteiger partial charge in [0.2, 0.25) is 0 Å². The molecule has 3 aromatic rings. The molecule has 0 saturated heterocycles. The summed E-state index contributed by atoms with van der Waals surface area (Å²) in [5, 5.41) is 7.20. The smallest absolute Gasteiger partial charge is 0.259 e. The van der Waals surface area contributed by atoms with Gasteiger partial charge in [0.15, 0.2) is 0 Å². The first-order valence-corrected chi connectivity index (χ1v) is 4.82. The van der Waals surface area contributed by atoms with Gasteiger partial charge in [-0.3, -0.25) is 9.89 Å². The molecular formula is C11H8N4O. The number of rotatable bonds is 1. The van der Waals surface area contributed by atoms with Crippen molar-refractivity contribution in [2.45, 2.75) is 0 Å². The number of fused-ring (bicyclic) bond motifs is 1. The van der Waals surface area contributed by atoms with Gasteiger partial charge in [-0.2, -0.15) is 5.10 Å². The second-order valence-corrected chi connectivity index (χ2v) is 3.42. The van der Waals surface area contributed by atoms with Crippen LogP contribution in [0, 0.1) is 0 Å². The van der Waals surface area contributed by atoms with Crippen LogP contribution < -0.4 is 5.56 Å². The molecule has 2 heterocycles. The van der Waals surface area contributed by atoms with Crippen molar-refractivity contribution >= 4 is 10.9 Å². The molecule has 2 N–H and O–H groups in total. The maximum Gasteiger partial charge on any atom is 0.259 e. The molecule has 0 aliphatic carbocycles. The largest absolute Gasteiger partial charge is 0.313 e. The van der Waals surface area contributed by atoms with E-state index in [0.717, 1.165) is 11.1 Å². The second-order valence-electron chi connectivity index (χ2n) is 3.42. The Hall–Kier alpha value is -2.43. The van der Waals surface area contributed by atoms with Crippen molar-refractivity contribution in [1.82, 2.24) is 20.2 Å². The molecule has 78 valence electrons. The Balaban J connectivity index is 2.46. The van der Waals surface area contributed by atoms with Crippen LogP contribution in [0.1, 0.15) is 0 Å². The van der Waals surface area contributed by atoms with Crippen molar-refractivity contribution in [2.24, 2.45) is 0 Å². The molecule has 0 fully saturated rings. The van der Waals surface area contributed by atoms with Gasteiger partial charge in [0.05, 0.1) is 23.4 Å². The minimum atomic E-state index is -0.137. The first kappa shape index (κ1) is 8.84. The Labute approximate surface area is 90.2 Å². The van der Waals surface area contributed by atoms with Crippen LogP contribution in [0.3, 0.4) is 0 Å². The highest BCUT2D eigenvalue weighted by Crippen LogP contribution is 2.23. The zero-order valence-corrected chi connectivity index (χ0v) is 8.27. The van der Waals surface area contributed by atoms with Gasteiger partial charge in [-0.15, -0.1) is 0 Å². The summed E-state index contributed by atoms with van der Waals surface area (Å²) in [4.78, 5) is 18.5. The summed E-state index contributed by atoms with van der Waals surface area (Å²) >= 11 is 0. The van der Waals surface area contributed by atoms with Crippen LogP contribution in [-0.2, 0) is 0 Å². The van der Waals surface area contributed by atoms with E-state index in [1.54, 1.807) is 12.4 Å². The molecule has 1 aromatic carbocycles. The van der Waals surface area contributed by atoms with Gasteiger partial charge in [0, 0.05) is 11.8 Å². The van der Waals surface area contributed by atoms with Crippen LogP contribution >= 0.6 is 0 Å². The van der Waals surface area contributed by atoms with Crippen LogP contribution in [0.2, 0.25) is 0 Å². The van der Waals surface area contributed by atoms with E-state index in [-0.39, 0.29) is 5.56 Å². The van der Waals surface area contributed by atoms with Gasteiger partial charge in [-0.25, -0.2) is 4.98 Å². The average Bonchev–Trinajstić information content (AvgIpc) is 2.82. The van der Waals surface area contributed by atoms with Gasteiger partial charge in [0.1, 0.15) is 0 Å². The molecule has 3 rings (SSSR count). The van der Waals surface area contributed by atoms with Gasteiger partial charge < -0.3 is 4.98 Å². The van der Waals surface area contributed by atoms with E-state index in [9.17, 15) is 4.79 Å². The van der Waals surface area contributed by atoms with Crippen molar-refractivity contribution in [3.63, 3.8) is 0 Å². The Morgan fingerprint density at radius 1 is 1.25 bits per heavy atom. The number of aromatic amines is 2. The summed E-state index contributed by atoms with van der Waals surface area (Å²) in [5.41, 5.74) is 2.26. The van der Waals surface area contributed by atoms with E-state index in [2.05, 4.69) is 20.2 Å². The zero-order valence-electron chi connectivity index (χ0n) is 8.27. The summed E-state index contributed by atoms with van der Waals surface area (Å²) in [6.07, 6.45) is 4.84. The van der Waals surface area contributed by atoms with E-state index in [0.29, 0.717) is 10.9 Å². The fourth-order valence-corrected chi connectivity index (χ4v) is 1.76. The number of nitrogens with one attached hydrogen (secondary N) is 2. The molecule has 0 bridgehead atoms. The van der Waals surface area contributed by atoms with Crippen LogP contribution in [0.25, 0.3) is 22.0 Å². The topological polar surface area (TPSA) is 74.4 Å². The van der Waals surface area contributed by atoms with E-state index >= 15 is 0 Å². The SMILES string of the molecule is O=c1[nH]cnc2cccc(-c3cn[nH]c3)c12. The number of H-pyrrole nitrogens is 2. The van der Waals surface area contributed by atoms with Crippen LogP contribution in [0.5, 0.6) is 0 Å². The van der Waals surface area contributed by atoms with Gasteiger partial charge >= 0.3 is 0 Å². The van der Waals surface area contributed by atoms with Crippen molar-refractivity contribution in [1.29, 1.82) is 0 Å². The first-order valence-electron chi connectivity index (χ1n) is 4.82. The summed E-state index contributed by atoms with van der Waals surface area (Å²) in [5.74, 6) is 0. The van der Waals surface area contributed by atoms with Gasteiger partial charge in [-0.1, -0.05) is 12.1 Å². The Bertz CT molecular complexity index is 679. The molecule has 0 saturated carbocycles. The summed E-state index contributed by atoms with van der Waals surface area (Å²) in [7, 11) is 0. The fraction of sp³-hybridized carbons (Fsp3) is 0. The lowest BCUT2D eigenvalue weighted by molar-refractivity contribution is 1.09. The van der Waals surface area contributed by atoms with Crippen LogP contribution in [0.4, 0.5) is 0 Å². The summed E-state index contributed by atoms with van der Waals surface area (Å²) < 4.78 is 0. The lowest BCUT2D eigenvalue weighted by atomic mass is 10.0. The quantitative estimate of drug-likeness (QED) is 0.638. The molecular weight excluding hydrogens is 204 g/mol. The standard InChI is InChI=1S/C11H8N4O/c16-11-10-8(7-4-14-15-5-7)2-1-3-9(10)12-6-13-11/h1-6H,(H,14,15)(H,12,13,16). The lowest BCUT2D eigenvalue weighted by Crippen LogP contribution is -2.07. The van der Waals surface area contributed by atoms with Crippen molar-refractivity contribution in [2.75, 3.05) is 0 Å². The number of hydrogen-bond acceptors (Lipinski definition) is 3. The molecule has 0 aliphatic heterocycles. The second kappa shape index (κ2) is 3.30. The van der Waals surface area contributed by atoms with Gasteiger partial charge in [0.25, 0.3) is 5.56 Å². The van der Waals surface area contributed by atoms with Crippen LogP contribution in [-0.4, -0.2) is 20.2 Å². The minimum absolute atomic E-state index is 0.137. The molecule has 0 unspecified atom stereocenters. The number of aromatic nitrogens is 4. The highest BCUT2D eigenvalue weighted by Gasteiger charge is 2.07. The van der Waals surface area contributed by atoms with Crippen LogP contribution in [0.15, 0.2) is 41.7 Å². The first-order chi connectivity index (χ1) is 7.86. The molecule has 2 aromatic heterocycles. The monoisotopic (exact) mass is 212 g/mol. The zero-order chi connectivity index (χ0) is 11.0. The van der Waals surface area contributed by atoms with Crippen molar-refractivity contribution in [3.8, 4) is 11.1 Å². The Morgan fingerprint density at radius 3 is 3.00 bits per heavy atom. The Morgan fingerprint density at radius 2 is 2.19 bits per heavy atom. The van der Waals surface area contributed by atoms with Crippen molar-refractivity contribution in [3.05, 3.63) is 47.3 Å². The van der Waals surface area contributed by atoms with Gasteiger partial charge in [-0.05, 0) is 11.6 Å². The van der Waals surface area contributed by atoms with E-state index in [4.69, 9.17) is 0 Å². The summed E-state index contributed by atoms with van der Waals surface area (Å²) in [6.45, 7) is 0. The minimum Gasteiger partial charge on any atom is -0.313 e. The summed E-state index contributed by atoms with van der Waals surface area (Å²) in [6, 6.07) is 5.56. The third kappa shape index (κ3) is 1.22. The predicted molar refractivity (Wildman–Crippen MR) is 59.9 cm³/mol. The number of hydrogen-bond donors (Lipinski definition) is 2. The molecule has 0 spiro atoms. The number of nitrogens with zero attached hydrogens (tertiary/aromatic N) is 2. The maximum atomic E-state index is 11.8. The van der Waals surface area contributed by atoms with E-state index < -0.39 is 0 Å². The molecule has 0 atom stereocenters. The molecule has 0 amide bonds. The molecule has 0 radical (unpaired) electrons. The Kier molecular flexibility index (Phi) is 1.83. The molecule has 0 aliphatic rings. The number of benzene rings is 1. The molecule has 5 nitrogen and oxygen atoms in total. The molecule has 5 heteroatoms. The maximum absolute atomic E-state index is 11.8. The average molecular weight is 212 g/mol. The predicted octanol–water partition coefficient (Wildman–Crippen LogP) is 1.31. The third-order valence-electron chi connectivity index (χ3n) is 2.48. The highest BCUT2D eigenvalue weighted by molar-refractivity contribution is 5.93. The normalized spacial score (nSPS) is 10.8.